The fraction of sp³-hybridized carbons (Fsp3) is 0.400. The average Bonchev–Trinajstić information content (AvgIpc) is 2.44. The molecular formula is C15H19NO5. The van der Waals surface area contributed by atoms with Gasteiger partial charge in [0, 0.05) is 12.5 Å². The van der Waals surface area contributed by atoms with Crippen molar-refractivity contribution in [1.82, 2.24) is 5.32 Å². The van der Waals surface area contributed by atoms with Gasteiger partial charge in [-0.25, -0.2) is 0 Å². The summed E-state index contributed by atoms with van der Waals surface area (Å²) >= 11 is 0. The minimum Gasteiger partial charge on any atom is -0.481 e. The predicted molar refractivity (Wildman–Crippen MR) is 76.0 cm³/mol. The maximum absolute atomic E-state index is 11.0. The highest BCUT2D eigenvalue weighted by molar-refractivity contribution is 5.77. The van der Waals surface area contributed by atoms with Crippen LogP contribution in [0.5, 0.6) is 0 Å². The summed E-state index contributed by atoms with van der Waals surface area (Å²) in [6.45, 7) is 0. The Morgan fingerprint density at radius 3 is 2.38 bits per heavy atom. The van der Waals surface area contributed by atoms with Crippen molar-refractivity contribution in [3.05, 3.63) is 35.9 Å². The van der Waals surface area contributed by atoms with Crippen LogP contribution in [0.2, 0.25) is 0 Å². The number of benzene rings is 1. The standard InChI is InChI=1S/C15H19NO5/c17-9-8-13(15(20)21)16-12(10-14(18)19)7-6-11-4-2-1-3-5-11/h1-5,9,12-13,16H,6-8,10H2,(H,18,19)(H,20,21)/t12?,13-/m1/s1. The second kappa shape index (κ2) is 8.86. The van der Waals surface area contributed by atoms with Gasteiger partial charge in [0.1, 0.15) is 12.3 Å². The molecule has 0 aliphatic carbocycles. The Kier molecular flexibility index (Phi) is 7.11. The minimum atomic E-state index is -1.16. The molecule has 0 spiro atoms. The van der Waals surface area contributed by atoms with Crippen molar-refractivity contribution < 1.29 is 24.6 Å². The lowest BCUT2D eigenvalue weighted by Gasteiger charge is -2.21. The highest BCUT2D eigenvalue weighted by Gasteiger charge is 2.22. The van der Waals surface area contributed by atoms with E-state index in [4.69, 9.17) is 10.2 Å². The van der Waals surface area contributed by atoms with E-state index in [2.05, 4.69) is 5.32 Å². The maximum Gasteiger partial charge on any atom is 0.321 e. The number of carbonyl (C=O) groups excluding carboxylic acids is 1. The molecule has 6 nitrogen and oxygen atoms in total. The molecule has 21 heavy (non-hydrogen) atoms. The Hall–Kier alpha value is -2.21. The quantitative estimate of drug-likeness (QED) is 0.558. The van der Waals surface area contributed by atoms with Crippen molar-refractivity contribution in [3.8, 4) is 0 Å². The lowest BCUT2D eigenvalue weighted by atomic mass is 10.0. The summed E-state index contributed by atoms with van der Waals surface area (Å²) in [5, 5.41) is 20.7. The van der Waals surface area contributed by atoms with E-state index in [1.165, 1.54) is 0 Å². The van der Waals surface area contributed by atoms with Gasteiger partial charge in [-0.2, -0.15) is 0 Å². The molecule has 0 heterocycles. The molecule has 0 saturated carbocycles. The Morgan fingerprint density at radius 2 is 1.86 bits per heavy atom. The van der Waals surface area contributed by atoms with Gasteiger partial charge in [0.25, 0.3) is 0 Å². The van der Waals surface area contributed by atoms with Crippen LogP contribution in [-0.2, 0) is 20.8 Å². The van der Waals surface area contributed by atoms with Gasteiger partial charge in [-0.1, -0.05) is 30.3 Å². The van der Waals surface area contributed by atoms with Crippen molar-refractivity contribution in [2.45, 2.75) is 37.8 Å². The smallest absolute Gasteiger partial charge is 0.321 e. The van der Waals surface area contributed by atoms with Gasteiger partial charge < -0.3 is 20.3 Å². The molecule has 1 aromatic rings. The van der Waals surface area contributed by atoms with Gasteiger partial charge >= 0.3 is 11.9 Å². The fourth-order valence-electron chi connectivity index (χ4n) is 2.06. The normalized spacial score (nSPS) is 13.3. The fourth-order valence-corrected chi connectivity index (χ4v) is 2.06. The monoisotopic (exact) mass is 293 g/mol. The van der Waals surface area contributed by atoms with Gasteiger partial charge in [0.15, 0.2) is 0 Å². The lowest BCUT2D eigenvalue weighted by molar-refractivity contribution is -0.142. The number of carboxylic acids is 2. The first kappa shape index (κ1) is 16.8. The second-order valence-electron chi connectivity index (χ2n) is 4.78. The number of aldehydes is 1. The van der Waals surface area contributed by atoms with Crippen LogP contribution in [0.4, 0.5) is 0 Å². The molecule has 0 aliphatic rings. The van der Waals surface area contributed by atoms with E-state index in [1.54, 1.807) is 0 Å². The maximum atomic E-state index is 11.0. The van der Waals surface area contributed by atoms with E-state index >= 15 is 0 Å². The highest BCUT2D eigenvalue weighted by atomic mass is 16.4. The molecule has 3 N–H and O–H groups in total. The largest absolute Gasteiger partial charge is 0.481 e. The summed E-state index contributed by atoms with van der Waals surface area (Å²) in [4.78, 5) is 32.4. The number of carbonyl (C=O) groups is 3. The molecule has 0 bridgehead atoms. The van der Waals surface area contributed by atoms with Crippen LogP contribution < -0.4 is 5.32 Å². The molecule has 2 atom stereocenters. The SMILES string of the molecule is O=CC[C@@H](NC(CCc1ccccc1)CC(=O)O)C(=O)O. The van der Waals surface area contributed by atoms with Gasteiger partial charge in [-0.15, -0.1) is 0 Å². The average molecular weight is 293 g/mol. The summed E-state index contributed by atoms with van der Waals surface area (Å²) < 4.78 is 0. The van der Waals surface area contributed by atoms with Crippen LogP contribution in [0, 0.1) is 0 Å². The zero-order chi connectivity index (χ0) is 15.7. The van der Waals surface area contributed by atoms with Crippen LogP contribution in [0.3, 0.4) is 0 Å². The van der Waals surface area contributed by atoms with Crippen LogP contribution in [-0.4, -0.2) is 40.5 Å². The first-order chi connectivity index (χ1) is 10.0. The van der Waals surface area contributed by atoms with Crippen molar-refractivity contribution >= 4 is 18.2 Å². The number of aliphatic carboxylic acids is 2. The van der Waals surface area contributed by atoms with Crippen LogP contribution in [0.25, 0.3) is 0 Å². The Labute approximate surface area is 122 Å². The summed E-state index contributed by atoms with van der Waals surface area (Å²) in [6, 6.07) is 7.98. The Bertz CT molecular complexity index is 474. The molecule has 114 valence electrons. The molecule has 1 unspecified atom stereocenters. The zero-order valence-corrected chi connectivity index (χ0v) is 11.6. The number of hydrogen-bond acceptors (Lipinski definition) is 4. The van der Waals surface area contributed by atoms with Crippen molar-refractivity contribution in [2.75, 3.05) is 0 Å². The van der Waals surface area contributed by atoms with E-state index in [-0.39, 0.29) is 12.8 Å². The number of aryl methyl sites for hydroxylation is 1. The van der Waals surface area contributed by atoms with Gasteiger partial charge in [0.2, 0.25) is 0 Å². The first-order valence-corrected chi connectivity index (χ1v) is 6.71. The first-order valence-electron chi connectivity index (χ1n) is 6.71. The predicted octanol–water partition coefficient (Wildman–Crippen LogP) is 1.09. The number of carboxylic acid groups (broad SMARTS) is 2. The van der Waals surface area contributed by atoms with E-state index in [1.807, 2.05) is 30.3 Å². The molecule has 0 saturated heterocycles. The van der Waals surface area contributed by atoms with Crippen LogP contribution >= 0.6 is 0 Å². The van der Waals surface area contributed by atoms with Crippen molar-refractivity contribution in [3.63, 3.8) is 0 Å². The number of nitrogens with one attached hydrogen (secondary N) is 1. The molecule has 0 fully saturated rings. The van der Waals surface area contributed by atoms with Gasteiger partial charge in [0.05, 0.1) is 6.42 Å². The third-order valence-electron chi connectivity index (χ3n) is 3.11. The molecule has 0 radical (unpaired) electrons. The van der Waals surface area contributed by atoms with Crippen molar-refractivity contribution in [2.24, 2.45) is 0 Å². The number of rotatable bonds is 10. The second-order valence-corrected chi connectivity index (χ2v) is 4.78. The van der Waals surface area contributed by atoms with E-state index < -0.39 is 24.0 Å². The minimum absolute atomic E-state index is 0.184. The molecule has 1 aromatic carbocycles. The van der Waals surface area contributed by atoms with Crippen LogP contribution in [0.15, 0.2) is 30.3 Å². The third kappa shape index (κ3) is 6.67. The molecule has 0 aromatic heterocycles. The summed E-state index contributed by atoms with van der Waals surface area (Å²) in [5.74, 6) is -2.16. The molecular weight excluding hydrogens is 274 g/mol. The molecule has 0 aliphatic heterocycles. The lowest BCUT2D eigenvalue weighted by Crippen LogP contribution is -2.44. The Balaban J connectivity index is 2.63. The number of hydrogen-bond donors (Lipinski definition) is 3. The van der Waals surface area contributed by atoms with Crippen LogP contribution in [0.1, 0.15) is 24.8 Å². The van der Waals surface area contributed by atoms with E-state index in [0.29, 0.717) is 19.1 Å². The van der Waals surface area contributed by atoms with Gasteiger partial charge in [-0.3, -0.25) is 9.59 Å². The van der Waals surface area contributed by atoms with E-state index in [9.17, 15) is 14.4 Å². The summed E-state index contributed by atoms with van der Waals surface area (Å²) in [7, 11) is 0. The molecule has 6 heteroatoms. The molecule has 0 amide bonds. The van der Waals surface area contributed by atoms with Gasteiger partial charge in [-0.05, 0) is 18.4 Å². The van der Waals surface area contributed by atoms with E-state index in [0.717, 1.165) is 5.56 Å². The molecule has 1 rings (SSSR count). The third-order valence-corrected chi connectivity index (χ3v) is 3.11. The summed E-state index contributed by atoms with van der Waals surface area (Å²) in [6.07, 6.45) is 1.27. The summed E-state index contributed by atoms with van der Waals surface area (Å²) in [5.41, 5.74) is 1.05. The highest BCUT2D eigenvalue weighted by Crippen LogP contribution is 2.09. The zero-order valence-electron chi connectivity index (χ0n) is 11.6. The van der Waals surface area contributed by atoms with Crippen molar-refractivity contribution in [1.29, 1.82) is 0 Å². The Morgan fingerprint density at radius 1 is 1.19 bits per heavy atom. The topological polar surface area (TPSA) is 104 Å².